The van der Waals surface area contributed by atoms with Crippen LogP contribution < -0.4 is 4.72 Å². The van der Waals surface area contributed by atoms with E-state index in [-0.39, 0.29) is 29.1 Å². The van der Waals surface area contributed by atoms with Crippen molar-refractivity contribution in [1.82, 2.24) is 9.62 Å². The summed E-state index contributed by atoms with van der Waals surface area (Å²) in [5, 5.41) is 8.93. The van der Waals surface area contributed by atoms with Crippen LogP contribution in [0.1, 0.15) is 18.4 Å². The third-order valence-electron chi connectivity index (χ3n) is 2.36. The van der Waals surface area contributed by atoms with Crippen molar-refractivity contribution < 1.29 is 17.9 Å². The minimum atomic E-state index is -3.61. The smallest absolute Gasteiger partial charge is 0.244 e. The van der Waals surface area contributed by atoms with Gasteiger partial charge in [0, 0.05) is 18.7 Å². The van der Waals surface area contributed by atoms with Gasteiger partial charge in [0.15, 0.2) is 0 Å². The summed E-state index contributed by atoms with van der Waals surface area (Å²) >= 11 is 0. The molecule has 0 radical (unpaired) electrons. The van der Waals surface area contributed by atoms with Gasteiger partial charge in [-0.1, -0.05) is 0 Å². The number of nitrogens with one attached hydrogen (secondary N) is 1. The highest BCUT2D eigenvalue weighted by atomic mass is 32.2. The fraction of sp³-hybridized carbons (Fsp3) is 0.636. The molecule has 0 bridgehead atoms. The van der Waals surface area contributed by atoms with Crippen LogP contribution in [-0.4, -0.2) is 45.1 Å². The Bertz CT molecular complexity index is 493. The standard InChI is InChI=1S/C11H20N2O4S/c1-8(6-13(3)4)12-18(15,16)11-5-10(7-14)17-9(11)2/h5,8,12,14H,6-7H2,1-4H3. The van der Waals surface area contributed by atoms with Gasteiger partial charge in [0.1, 0.15) is 23.0 Å². The van der Waals surface area contributed by atoms with Crippen LogP contribution in [0.15, 0.2) is 15.4 Å². The van der Waals surface area contributed by atoms with Crippen molar-refractivity contribution >= 4 is 10.0 Å². The van der Waals surface area contributed by atoms with Gasteiger partial charge in [-0.2, -0.15) is 0 Å². The van der Waals surface area contributed by atoms with Gasteiger partial charge in [-0.15, -0.1) is 0 Å². The fourth-order valence-corrected chi connectivity index (χ4v) is 3.22. The van der Waals surface area contributed by atoms with Gasteiger partial charge in [-0.05, 0) is 27.9 Å². The number of furan rings is 1. The maximum absolute atomic E-state index is 12.1. The summed E-state index contributed by atoms with van der Waals surface area (Å²) in [5.74, 6) is 0.525. The normalized spacial score (nSPS) is 14.1. The van der Waals surface area contributed by atoms with Gasteiger partial charge in [0.25, 0.3) is 0 Å². The lowest BCUT2D eigenvalue weighted by Gasteiger charge is -2.17. The molecule has 18 heavy (non-hydrogen) atoms. The number of aryl methyl sites for hydroxylation is 1. The molecule has 0 aliphatic carbocycles. The zero-order valence-corrected chi connectivity index (χ0v) is 11.9. The van der Waals surface area contributed by atoms with Crippen molar-refractivity contribution in [2.24, 2.45) is 0 Å². The van der Waals surface area contributed by atoms with Gasteiger partial charge < -0.3 is 14.4 Å². The van der Waals surface area contributed by atoms with Crippen LogP contribution in [0.4, 0.5) is 0 Å². The lowest BCUT2D eigenvalue weighted by Crippen LogP contribution is -2.39. The summed E-state index contributed by atoms with van der Waals surface area (Å²) < 4.78 is 31.9. The van der Waals surface area contributed by atoms with Gasteiger partial charge in [-0.25, -0.2) is 13.1 Å². The van der Waals surface area contributed by atoms with Gasteiger partial charge in [-0.3, -0.25) is 0 Å². The Morgan fingerprint density at radius 2 is 2.11 bits per heavy atom. The first-order valence-electron chi connectivity index (χ1n) is 5.63. The number of hydrogen-bond donors (Lipinski definition) is 2. The Balaban J connectivity index is 2.89. The highest BCUT2D eigenvalue weighted by Gasteiger charge is 2.23. The van der Waals surface area contributed by atoms with E-state index in [0.29, 0.717) is 6.54 Å². The van der Waals surface area contributed by atoms with E-state index in [1.807, 2.05) is 19.0 Å². The molecule has 2 N–H and O–H groups in total. The molecule has 0 aliphatic rings. The third kappa shape index (κ3) is 3.81. The van der Waals surface area contributed by atoms with Crippen molar-refractivity contribution in [2.75, 3.05) is 20.6 Å². The van der Waals surface area contributed by atoms with E-state index < -0.39 is 10.0 Å². The summed E-state index contributed by atoms with van der Waals surface area (Å²) in [6.07, 6.45) is 0. The van der Waals surface area contributed by atoms with Crippen molar-refractivity contribution in [1.29, 1.82) is 0 Å². The monoisotopic (exact) mass is 276 g/mol. The predicted molar refractivity (Wildman–Crippen MR) is 67.7 cm³/mol. The predicted octanol–water partition coefficient (Wildman–Crippen LogP) is 0.309. The quantitative estimate of drug-likeness (QED) is 0.781. The zero-order valence-electron chi connectivity index (χ0n) is 11.1. The van der Waals surface area contributed by atoms with Crippen LogP contribution >= 0.6 is 0 Å². The minimum Gasteiger partial charge on any atom is -0.462 e. The van der Waals surface area contributed by atoms with Crippen LogP contribution in [-0.2, 0) is 16.6 Å². The van der Waals surface area contributed by atoms with E-state index >= 15 is 0 Å². The molecule has 0 spiro atoms. The third-order valence-corrected chi connectivity index (χ3v) is 4.06. The van der Waals surface area contributed by atoms with Gasteiger partial charge in [0.05, 0.1) is 0 Å². The van der Waals surface area contributed by atoms with Gasteiger partial charge in [0.2, 0.25) is 10.0 Å². The highest BCUT2D eigenvalue weighted by molar-refractivity contribution is 7.89. The second-order valence-electron chi connectivity index (χ2n) is 4.58. The van der Waals surface area contributed by atoms with Crippen molar-refractivity contribution in [2.45, 2.75) is 31.4 Å². The molecule has 7 heteroatoms. The van der Waals surface area contributed by atoms with Gasteiger partial charge >= 0.3 is 0 Å². The number of likely N-dealkylation sites (N-methyl/N-ethyl adjacent to an activating group) is 1. The van der Waals surface area contributed by atoms with Crippen LogP contribution in [0.5, 0.6) is 0 Å². The van der Waals surface area contributed by atoms with Crippen molar-refractivity contribution in [3.8, 4) is 0 Å². The molecule has 0 amide bonds. The Morgan fingerprint density at radius 3 is 2.56 bits per heavy atom. The molecule has 1 aromatic rings. The lowest BCUT2D eigenvalue weighted by molar-refractivity contribution is 0.244. The topological polar surface area (TPSA) is 82.8 Å². The van der Waals surface area contributed by atoms with Crippen LogP contribution in [0.25, 0.3) is 0 Å². The first-order chi connectivity index (χ1) is 8.26. The number of hydrogen-bond acceptors (Lipinski definition) is 5. The van der Waals surface area contributed by atoms with E-state index in [1.54, 1.807) is 13.8 Å². The Hall–Kier alpha value is -0.890. The van der Waals surface area contributed by atoms with Crippen molar-refractivity contribution in [3.05, 3.63) is 17.6 Å². The molecule has 0 saturated carbocycles. The number of rotatable bonds is 6. The van der Waals surface area contributed by atoms with E-state index in [4.69, 9.17) is 9.52 Å². The SMILES string of the molecule is Cc1oc(CO)cc1S(=O)(=O)NC(C)CN(C)C. The lowest BCUT2D eigenvalue weighted by atomic mass is 10.3. The summed E-state index contributed by atoms with van der Waals surface area (Å²) in [4.78, 5) is 1.98. The molecule has 104 valence electrons. The number of sulfonamides is 1. The summed E-state index contributed by atoms with van der Waals surface area (Å²) in [6.45, 7) is 3.64. The van der Waals surface area contributed by atoms with Crippen molar-refractivity contribution in [3.63, 3.8) is 0 Å². The maximum Gasteiger partial charge on any atom is 0.244 e. The first-order valence-corrected chi connectivity index (χ1v) is 7.12. The fourth-order valence-electron chi connectivity index (χ4n) is 1.78. The molecular formula is C11H20N2O4S. The molecule has 0 saturated heterocycles. The first kappa shape index (κ1) is 15.2. The summed E-state index contributed by atoms with van der Waals surface area (Å²) in [7, 11) is 0.139. The number of aliphatic hydroxyl groups is 1. The van der Waals surface area contributed by atoms with Crippen LogP contribution in [0.2, 0.25) is 0 Å². The largest absolute Gasteiger partial charge is 0.462 e. The number of aliphatic hydroxyl groups excluding tert-OH is 1. The molecule has 1 rings (SSSR count). The molecule has 1 unspecified atom stereocenters. The summed E-state index contributed by atoms with van der Waals surface area (Å²) in [6, 6.07) is 1.14. The zero-order chi connectivity index (χ0) is 13.9. The molecule has 0 aromatic carbocycles. The molecule has 1 atom stereocenters. The minimum absolute atomic E-state index is 0.0807. The van der Waals surface area contributed by atoms with E-state index in [9.17, 15) is 8.42 Å². The highest BCUT2D eigenvalue weighted by Crippen LogP contribution is 2.20. The average molecular weight is 276 g/mol. The average Bonchev–Trinajstić information content (AvgIpc) is 2.58. The molecular weight excluding hydrogens is 256 g/mol. The Labute approximate surface area is 108 Å². The molecule has 0 fully saturated rings. The second kappa shape index (κ2) is 5.83. The molecule has 0 aliphatic heterocycles. The van der Waals surface area contributed by atoms with E-state index in [1.165, 1.54) is 6.07 Å². The molecule has 6 nitrogen and oxygen atoms in total. The summed E-state index contributed by atoms with van der Waals surface area (Å²) in [5.41, 5.74) is 0. The number of nitrogens with zero attached hydrogens (tertiary/aromatic N) is 1. The van der Waals surface area contributed by atoms with Crippen LogP contribution in [0, 0.1) is 6.92 Å². The molecule has 1 aromatic heterocycles. The van der Waals surface area contributed by atoms with E-state index in [0.717, 1.165) is 0 Å². The Kier molecular flexibility index (Phi) is 4.92. The van der Waals surface area contributed by atoms with Crippen LogP contribution in [0.3, 0.4) is 0 Å². The van der Waals surface area contributed by atoms with E-state index in [2.05, 4.69) is 4.72 Å². The Morgan fingerprint density at radius 1 is 1.50 bits per heavy atom. The second-order valence-corrected chi connectivity index (χ2v) is 6.26. The maximum atomic E-state index is 12.1. The molecule has 1 heterocycles.